The van der Waals surface area contributed by atoms with Crippen LogP contribution in [0.25, 0.3) is 0 Å². The standard InChI is InChI=1S/C22H26FN3OS/c1-2-17-15-26(20-9-5-6-10-21(20)28-17)16-22(27)25-13-11-24(12-14-25)19-8-4-3-7-18(19)23/h3-10,17H,2,11-16H2,1H3/t17-/m1/s1. The molecule has 2 aliphatic rings. The molecule has 2 aromatic carbocycles. The van der Waals surface area contributed by atoms with E-state index < -0.39 is 0 Å². The van der Waals surface area contributed by atoms with Crippen molar-refractivity contribution >= 4 is 29.0 Å². The molecule has 0 unspecified atom stereocenters. The number of para-hydroxylation sites is 2. The highest BCUT2D eigenvalue weighted by Crippen LogP contribution is 2.39. The van der Waals surface area contributed by atoms with Crippen LogP contribution in [-0.2, 0) is 4.79 Å². The number of anilines is 2. The van der Waals surface area contributed by atoms with Gasteiger partial charge in [0.25, 0.3) is 0 Å². The highest BCUT2D eigenvalue weighted by molar-refractivity contribution is 8.00. The minimum Gasteiger partial charge on any atom is -0.366 e. The van der Waals surface area contributed by atoms with Crippen molar-refractivity contribution in [3.05, 3.63) is 54.3 Å². The molecule has 2 aliphatic heterocycles. The van der Waals surface area contributed by atoms with Crippen LogP contribution in [-0.4, -0.2) is 55.3 Å². The van der Waals surface area contributed by atoms with E-state index in [2.05, 4.69) is 30.0 Å². The molecule has 4 nitrogen and oxygen atoms in total. The summed E-state index contributed by atoms with van der Waals surface area (Å²) in [5, 5.41) is 0.514. The molecule has 2 aromatic rings. The molecule has 0 aliphatic carbocycles. The predicted molar refractivity (Wildman–Crippen MR) is 114 cm³/mol. The second-order valence-electron chi connectivity index (χ2n) is 7.32. The van der Waals surface area contributed by atoms with Crippen LogP contribution in [0.3, 0.4) is 0 Å². The van der Waals surface area contributed by atoms with Gasteiger partial charge in [0.15, 0.2) is 0 Å². The normalized spacial score (nSPS) is 19.5. The van der Waals surface area contributed by atoms with Gasteiger partial charge in [-0.3, -0.25) is 4.79 Å². The van der Waals surface area contributed by atoms with Crippen LogP contribution in [0, 0.1) is 5.82 Å². The third kappa shape index (κ3) is 3.97. The second-order valence-corrected chi connectivity index (χ2v) is 8.66. The predicted octanol–water partition coefficient (Wildman–Crippen LogP) is 3.87. The molecule has 4 rings (SSSR count). The number of halogens is 1. The van der Waals surface area contributed by atoms with Gasteiger partial charge < -0.3 is 14.7 Å². The van der Waals surface area contributed by atoms with Crippen LogP contribution in [0.2, 0.25) is 0 Å². The van der Waals surface area contributed by atoms with Gasteiger partial charge in [-0.1, -0.05) is 31.2 Å². The summed E-state index contributed by atoms with van der Waals surface area (Å²) in [4.78, 5) is 20.4. The quantitative estimate of drug-likeness (QED) is 0.780. The van der Waals surface area contributed by atoms with E-state index in [1.807, 2.05) is 33.7 Å². The molecule has 1 atom stereocenters. The lowest BCUT2D eigenvalue weighted by Gasteiger charge is -2.39. The Labute approximate surface area is 170 Å². The molecular weight excluding hydrogens is 373 g/mol. The van der Waals surface area contributed by atoms with E-state index in [1.165, 1.54) is 11.0 Å². The molecule has 0 spiro atoms. The fourth-order valence-corrected chi connectivity index (χ4v) is 5.16. The number of rotatable bonds is 4. The van der Waals surface area contributed by atoms with Gasteiger partial charge in [-0.2, -0.15) is 0 Å². The van der Waals surface area contributed by atoms with Crippen LogP contribution in [0.1, 0.15) is 13.3 Å². The first-order valence-corrected chi connectivity index (χ1v) is 10.8. The van der Waals surface area contributed by atoms with Gasteiger partial charge in [0.2, 0.25) is 5.91 Å². The van der Waals surface area contributed by atoms with Crippen molar-refractivity contribution < 1.29 is 9.18 Å². The van der Waals surface area contributed by atoms with E-state index >= 15 is 0 Å². The van der Waals surface area contributed by atoms with Gasteiger partial charge in [-0.15, -0.1) is 11.8 Å². The van der Waals surface area contributed by atoms with Crippen molar-refractivity contribution in [1.82, 2.24) is 4.90 Å². The molecule has 1 saturated heterocycles. The van der Waals surface area contributed by atoms with Crippen LogP contribution < -0.4 is 9.80 Å². The van der Waals surface area contributed by atoms with Gasteiger partial charge in [0, 0.05) is 42.9 Å². The average molecular weight is 400 g/mol. The number of carbonyl (C=O) groups excluding carboxylic acids is 1. The Balaban J connectivity index is 1.39. The molecule has 28 heavy (non-hydrogen) atoms. The van der Waals surface area contributed by atoms with Crippen LogP contribution in [0.4, 0.5) is 15.8 Å². The van der Waals surface area contributed by atoms with E-state index in [0.29, 0.717) is 43.7 Å². The molecule has 0 bridgehead atoms. The summed E-state index contributed by atoms with van der Waals surface area (Å²) in [6.45, 7) is 6.11. The van der Waals surface area contributed by atoms with Crippen molar-refractivity contribution in [2.75, 3.05) is 49.1 Å². The van der Waals surface area contributed by atoms with Gasteiger partial charge in [-0.25, -0.2) is 4.39 Å². The first kappa shape index (κ1) is 19.1. The second kappa shape index (κ2) is 8.43. The fraction of sp³-hybridized carbons (Fsp3) is 0.409. The Bertz CT molecular complexity index is 838. The van der Waals surface area contributed by atoms with E-state index in [9.17, 15) is 9.18 Å². The maximum atomic E-state index is 14.0. The van der Waals surface area contributed by atoms with Gasteiger partial charge in [0.1, 0.15) is 5.82 Å². The number of piperazine rings is 1. The number of carbonyl (C=O) groups is 1. The average Bonchev–Trinajstić information content (AvgIpc) is 2.74. The van der Waals surface area contributed by atoms with Crippen molar-refractivity contribution in [3.8, 4) is 0 Å². The molecule has 1 amide bonds. The fourth-order valence-electron chi connectivity index (χ4n) is 3.91. The largest absolute Gasteiger partial charge is 0.366 e. The molecule has 0 aromatic heterocycles. The highest BCUT2D eigenvalue weighted by atomic mass is 32.2. The number of hydrogen-bond donors (Lipinski definition) is 0. The minimum absolute atomic E-state index is 0.157. The van der Waals surface area contributed by atoms with E-state index in [4.69, 9.17) is 0 Å². The van der Waals surface area contributed by atoms with Crippen molar-refractivity contribution in [2.24, 2.45) is 0 Å². The minimum atomic E-state index is -0.199. The Morgan fingerprint density at radius 2 is 1.71 bits per heavy atom. The zero-order valence-electron chi connectivity index (χ0n) is 16.2. The summed E-state index contributed by atoms with van der Waals surface area (Å²) < 4.78 is 14.0. The zero-order valence-corrected chi connectivity index (χ0v) is 17.0. The summed E-state index contributed by atoms with van der Waals surface area (Å²) in [5.41, 5.74) is 1.79. The summed E-state index contributed by atoms with van der Waals surface area (Å²) >= 11 is 1.91. The number of amides is 1. The molecular formula is C22H26FN3OS. The Morgan fingerprint density at radius 1 is 1.04 bits per heavy atom. The van der Waals surface area contributed by atoms with E-state index in [0.717, 1.165) is 18.7 Å². The van der Waals surface area contributed by atoms with Crippen LogP contribution in [0.15, 0.2) is 53.4 Å². The van der Waals surface area contributed by atoms with Gasteiger partial charge >= 0.3 is 0 Å². The summed E-state index contributed by atoms with van der Waals surface area (Å²) in [5.74, 6) is -0.0416. The van der Waals surface area contributed by atoms with Crippen LogP contribution >= 0.6 is 11.8 Å². The lowest BCUT2D eigenvalue weighted by atomic mass is 10.2. The maximum Gasteiger partial charge on any atom is 0.242 e. The molecule has 0 N–H and O–H groups in total. The Kier molecular flexibility index (Phi) is 5.76. The van der Waals surface area contributed by atoms with Crippen molar-refractivity contribution in [2.45, 2.75) is 23.5 Å². The molecule has 2 heterocycles. The van der Waals surface area contributed by atoms with Crippen molar-refractivity contribution in [1.29, 1.82) is 0 Å². The number of thioether (sulfide) groups is 1. The third-order valence-electron chi connectivity index (χ3n) is 5.53. The first-order valence-electron chi connectivity index (χ1n) is 9.93. The molecule has 6 heteroatoms. The highest BCUT2D eigenvalue weighted by Gasteiger charge is 2.28. The third-order valence-corrected chi connectivity index (χ3v) is 6.95. The Morgan fingerprint density at radius 3 is 2.43 bits per heavy atom. The number of benzene rings is 2. The number of hydrogen-bond acceptors (Lipinski definition) is 4. The molecule has 148 valence electrons. The summed E-state index contributed by atoms with van der Waals surface area (Å²) in [6.07, 6.45) is 1.09. The van der Waals surface area contributed by atoms with Crippen LogP contribution in [0.5, 0.6) is 0 Å². The first-order chi connectivity index (χ1) is 13.7. The lowest BCUT2D eigenvalue weighted by molar-refractivity contribution is -0.130. The van der Waals surface area contributed by atoms with Gasteiger partial charge in [0.05, 0.1) is 17.9 Å². The molecule has 0 radical (unpaired) electrons. The topological polar surface area (TPSA) is 26.8 Å². The lowest BCUT2D eigenvalue weighted by Crippen LogP contribution is -2.52. The Hall–Kier alpha value is -2.21. The van der Waals surface area contributed by atoms with Gasteiger partial charge in [-0.05, 0) is 30.7 Å². The molecule has 1 fully saturated rings. The monoisotopic (exact) mass is 399 g/mol. The SMILES string of the molecule is CC[C@@H]1CN(CC(=O)N2CCN(c3ccccc3F)CC2)c2ccccc2S1. The number of fused-ring (bicyclic) bond motifs is 1. The molecule has 0 saturated carbocycles. The van der Waals surface area contributed by atoms with E-state index in [-0.39, 0.29) is 11.7 Å². The van der Waals surface area contributed by atoms with E-state index in [1.54, 1.807) is 12.1 Å². The van der Waals surface area contributed by atoms with Crippen molar-refractivity contribution in [3.63, 3.8) is 0 Å². The summed E-state index contributed by atoms with van der Waals surface area (Å²) in [6, 6.07) is 15.2. The smallest absolute Gasteiger partial charge is 0.242 e. The summed E-state index contributed by atoms with van der Waals surface area (Å²) in [7, 11) is 0. The number of nitrogens with zero attached hydrogens (tertiary/aromatic N) is 3. The zero-order chi connectivity index (χ0) is 19.5. The maximum absolute atomic E-state index is 14.0.